The predicted molar refractivity (Wildman–Crippen MR) is 288 cm³/mol. The molecule has 13 rings (SSSR count). The molecule has 0 radical (unpaired) electrons. The van der Waals surface area contributed by atoms with Crippen molar-refractivity contribution in [1.82, 2.24) is 0 Å². The molecule has 0 spiro atoms. The quantitative estimate of drug-likeness (QED) is 0.142. The fourth-order valence-corrected chi connectivity index (χ4v) is 10.4. The molecule has 0 N–H and O–H groups in total. The van der Waals surface area contributed by atoms with Gasteiger partial charge in [0.05, 0.1) is 0 Å². The summed E-state index contributed by atoms with van der Waals surface area (Å²) in [6.07, 6.45) is 0. The van der Waals surface area contributed by atoms with Gasteiger partial charge in [-0.3, -0.25) is 0 Å². The van der Waals surface area contributed by atoms with E-state index in [1.54, 1.807) is 0 Å². The van der Waals surface area contributed by atoms with Gasteiger partial charge in [-0.05, 0) is 136 Å². The Hall–Kier alpha value is -8.98. The third-order valence-electron chi connectivity index (χ3n) is 13.7. The Morgan fingerprint density at radius 1 is 0.235 bits per heavy atom. The summed E-state index contributed by atoms with van der Waals surface area (Å²) < 4.78 is 6.48. The number of para-hydroxylation sites is 1. The van der Waals surface area contributed by atoms with E-state index in [1.807, 2.05) is 12.1 Å². The average Bonchev–Trinajstić information content (AvgIpc) is 3.79. The Balaban J connectivity index is 0.936. The minimum atomic E-state index is 0.858. The highest BCUT2D eigenvalue weighted by Crippen LogP contribution is 2.46. The standard InChI is InChI=1S/C66H43NO/c1-3-16-48(17-4-1)65-61-26-10-9-24-57(61)58-39-35-51(42-62(58)66(65)49-18-5-2-6-19-49)50-21-13-22-53(41-50)67(54-38-40-60-59-25-11-12-28-63(59)68-64(60)43-54)52-36-33-45(34-37-52)44-29-31-47(32-30-44)56-27-14-20-46-15-7-8-23-55(46)56/h1-43H. The van der Waals surface area contributed by atoms with Crippen molar-refractivity contribution in [2.45, 2.75) is 0 Å². The zero-order chi connectivity index (χ0) is 45.0. The lowest BCUT2D eigenvalue weighted by Gasteiger charge is -2.26. The lowest BCUT2D eigenvalue weighted by Crippen LogP contribution is -2.10. The molecule has 0 saturated carbocycles. The molecule has 13 aromatic rings. The first kappa shape index (κ1) is 39.4. The maximum Gasteiger partial charge on any atom is 0.137 e. The topological polar surface area (TPSA) is 16.4 Å². The van der Waals surface area contributed by atoms with Gasteiger partial charge in [0, 0.05) is 33.9 Å². The molecule has 12 aromatic carbocycles. The van der Waals surface area contributed by atoms with Gasteiger partial charge in [-0.25, -0.2) is 0 Å². The van der Waals surface area contributed by atoms with E-state index in [-0.39, 0.29) is 0 Å². The summed E-state index contributed by atoms with van der Waals surface area (Å²) in [4.78, 5) is 2.35. The van der Waals surface area contributed by atoms with Crippen molar-refractivity contribution in [2.24, 2.45) is 0 Å². The van der Waals surface area contributed by atoms with Crippen LogP contribution in [0.4, 0.5) is 17.1 Å². The van der Waals surface area contributed by atoms with Gasteiger partial charge in [-0.1, -0.05) is 206 Å². The second kappa shape index (κ2) is 16.5. The molecule has 0 atom stereocenters. The zero-order valence-corrected chi connectivity index (χ0v) is 37.2. The molecule has 2 nitrogen and oxygen atoms in total. The number of furan rings is 1. The number of nitrogens with zero attached hydrogens (tertiary/aromatic N) is 1. The minimum absolute atomic E-state index is 0.858. The van der Waals surface area contributed by atoms with E-state index in [1.165, 1.54) is 71.3 Å². The third-order valence-corrected chi connectivity index (χ3v) is 13.7. The molecule has 1 aromatic heterocycles. The highest BCUT2D eigenvalue weighted by atomic mass is 16.3. The van der Waals surface area contributed by atoms with Crippen LogP contribution in [0.25, 0.3) is 110 Å². The van der Waals surface area contributed by atoms with E-state index in [4.69, 9.17) is 4.42 Å². The van der Waals surface area contributed by atoms with Crippen molar-refractivity contribution >= 4 is 71.3 Å². The first-order chi connectivity index (χ1) is 33.7. The van der Waals surface area contributed by atoms with E-state index in [2.05, 4.69) is 254 Å². The first-order valence-electron chi connectivity index (χ1n) is 23.3. The van der Waals surface area contributed by atoms with Crippen LogP contribution in [0.5, 0.6) is 0 Å². The van der Waals surface area contributed by atoms with Crippen LogP contribution in [0.3, 0.4) is 0 Å². The Morgan fingerprint density at radius 3 is 1.49 bits per heavy atom. The van der Waals surface area contributed by atoms with E-state index < -0.39 is 0 Å². The van der Waals surface area contributed by atoms with E-state index in [0.717, 1.165) is 55.7 Å². The van der Waals surface area contributed by atoms with Crippen molar-refractivity contribution in [3.05, 3.63) is 261 Å². The first-order valence-corrected chi connectivity index (χ1v) is 23.3. The van der Waals surface area contributed by atoms with Gasteiger partial charge in [0.25, 0.3) is 0 Å². The smallest absolute Gasteiger partial charge is 0.137 e. The van der Waals surface area contributed by atoms with E-state index in [9.17, 15) is 0 Å². The molecule has 0 aliphatic carbocycles. The zero-order valence-electron chi connectivity index (χ0n) is 37.2. The molecular formula is C66H43NO. The molecule has 0 saturated heterocycles. The lowest BCUT2D eigenvalue weighted by atomic mass is 9.84. The molecule has 0 bridgehead atoms. The molecule has 2 heteroatoms. The van der Waals surface area contributed by atoms with Gasteiger partial charge in [0.15, 0.2) is 0 Å². The van der Waals surface area contributed by atoms with Crippen molar-refractivity contribution in [1.29, 1.82) is 0 Å². The van der Waals surface area contributed by atoms with Crippen LogP contribution in [0.2, 0.25) is 0 Å². The molecule has 0 aliphatic rings. The summed E-state index contributed by atoms with van der Waals surface area (Å²) in [6, 6.07) is 94.5. The van der Waals surface area contributed by atoms with Gasteiger partial charge >= 0.3 is 0 Å². The van der Waals surface area contributed by atoms with Crippen LogP contribution >= 0.6 is 0 Å². The molecule has 68 heavy (non-hydrogen) atoms. The fraction of sp³-hybridized carbons (Fsp3) is 0. The van der Waals surface area contributed by atoms with Crippen molar-refractivity contribution in [3.63, 3.8) is 0 Å². The third kappa shape index (κ3) is 6.82. The summed E-state index contributed by atoms with van der Waals surface area (Å²) in [6.45, 7) is 0. The largest absolute Gasteiger partial charge is 0.456 e. The highest BCUT2D eigenvalue weighted by Gasteiger charge is 2.20. The minimum Gasteiger partial charge on any atom is -0.456 e. The number of hydrogen-bond donors (Lipinski definition) is 0. The maximum atomic E-state index is 6.48. The number of fused-ring (bicyclic) bond motifs is 7. The normalized spacial score (nSPS) is 11.5. The lowest BCUT2D eigenvalue weighted by molar-refractivity contribution is 0.669. The molecule has 0 fully saturated rings. The average molecular weight is 866 g/mol. The monoisotopic (exact) mass is 865 g/mol. The summed E-state index contributed by atoms with van der Waals surface area (Å²) in [7, 11) is 0. The molecule has 0 unspecified atom stereocenters. The Morgan fingerprint density at radius 2 is 0.721 bits per heavy atom. The molecule has 318 valence electrons. The van der Waals surface area contributed by atoms with Gasteiger partial charge in [-0.15, -0.1) is 0 Å². The molecule has 0 aliphatic heterocycles. The SMILES string of the molecule is c1ccc(-c2c(-c3ccccc3)c3cc(-c4cccc(N(c5ccc(-c6ccc(-c7cccc8ccccc78)cc6)cc5)c5ccc6c(c5)oc5ccccc56)c4)ccc3c3ccccc23)cc1. The summed E-state index contributed by atoms with van der Waals surface area (Å²) in [5.41, 5.74) is 16.8. The molecule has 1 heterocycles. The van der Waals surface area contributed by atoms with Gasteiger partial charge < -0.3 is 9.32 Å². The van der Waals surface area contributed by atoms with Gasteiger partial charge in [-0.2, -0.15) is 0 Å². The van der Waals surface area contributed by atoms with Crippen LogP contribution in [-0.4, -0.2) is 0 Å². The van der Waals surface area contributed by atoms with Crippen molar-refractivity contribution in [2.75, 3.05) is 4.90 Å². The van der Waals surface area contributed by atoms with Crippen LogP contribution in [0, 0.1) is 0 Å². The van der Waals surface area contributed by atoms with Gasteiger partial charge in [0.1, 0.15) is 11.2 Å². The molecule has 0 amide bonds. The van der Waals surface area contributed by atoms with E-state index in [0.29, 0.717) is 0 Å². The second-order valence-corrected chi connectivity index (χ2v) is 17.6. The van der Waals surface area contributed by atoms with Crippen LogP contribution < -0.4 is 4.90 Å². The number of benzene rings is 12. The summed E-state index contributed by atoms with van der Waals surface area (Å²) in [5.74, 6) is 0. The predicted octanol–water partition coefficient (Wildman–Crippen LogP) is 18.9. The second-order valence-electron chi connectivity index (χ2n) is 17.6. The van der Waals surface area contributed by atoms with E-state index >= 15 is 0 Å². The van der Waals surface area contributed by atoms with Gasteiger partial charge in [0.2, 0.25) is 0 Å². The van der Waals surface area contributed by atoms with Crippen LogP contribution in [0.15, 0.2) is 265 Å². The number of anilines is 3. The fourth-order valence-electron chi connectivity index (χ4n) is 10.4. The van der Waals surface area contributed by atoms with Crippen LogP contribution in [-0.2, 0) is 0 Å². The van der Waals surface area contributed by atoms with Crippen LogP contribution in [0.1, 0.15) is 0 Å². The number of rotatable bonds is 8. The maximum absolute atomic E-state index is 6.48. The summed E-state index contributed by atoms with van der Waals surface area (Å²) in [5, 5.41) is 9.70. The Bertz CT molecular complexity index is 3990. The Kier molecular flexibility index (Phi) is 9.54. The summed E-state index contributed by atoms with van der Waals surface area (Å²) >= 11 is 0. The number of hydrogen-bond acceptors (Lipinski definition) is 2. The van der Waals surface area contributed by atoms with Crippen molar-refractivity contribution < 1.29 is 4.42 Å². The Labute approximate surface area is 395 Å². The highest BCUT2D eigenvalue weighted by molar-refractivity contribution is 6.22. The van der Waals surface area contributed by atoms with Crippen molar-refractivity contribution in [3.8, 4) is 55.6 Å². The molecular weight excluding hydrogens is 823 g/mol.